The van der Waals surface area contributed by atoms with Crippen LogP contribution < -0.4 is 4.72 Å². The molecular formula is C13H20N4O3S. The summed E-state index contributed by atoms with van der Waals surface area (Å²) in [4.78, 5) is 4.22. The van der Waals surface area contributed by atoms with Gasteiger partial charge in [0.15, 0.2) is 0 Å². The average Bonchev–Trinajstić information content (AvgIpc) is 3.02. The number of rotatable bonds is 6. The molecule has 0 aliphatic heterocycles. The maximum absolute atomic E-state index is 12.3. The number of aliphatic hydroxyl groups excluding tert-OH is 1. The van der Waals surface area contributed by atoms with Crippen LogP contribution in [0.15, 0.2) is 29.6 Å². The van der Waals surface area contributed by atoms with E-state index in [9.17, 15) is 13.5 Å². The number of hydrogen-bond donors (Lipinski definition) is 2. The zero-order chi connectivity index (χ0) is 15.6. The maximum Gasteiger partial charge on any atom is 0.242 e. The highest BCUT2D eigenvalue weighted by Gasteiger charge is 2.19. The first kappa shape index (κ1) is 15.7. The molecule has 2 heterocycles. The van der Waals surface area contributed by atoms with Crippen LogP contribution in [0.25, 0.3) is 0 Å². The molecule has 0 aliphatic rings. The molecule has 8 heteroatoms. The Morgan fingerprint density at radius 2 is 2.14 bits per heavy atom. The minimum Gasteiger partial charge on any atom is -0.390 e. The molecule has 2 aromatic rings. The maximum atomic E-state index is 12.3. The van der Waals surface area contributed by atoms with Gasteiger partial charge in [0.05, 0.1) is 18.0 Å². The largest absolute Gasteiger partial charge is 0.390 e. The summed E-state index contributed by atoms with van der Waals surface area (Å²) in [6.45, 7) is 3.77. The molecule has 0 bridgehead atoms. The van der Waals surface area contributed by atoms with E-state index in [-0.39, 0.29) is 24.1 Å². The lowest BCUT2D eigenvalue weighted by Crippen LogP contribution is -2.24. The fourth-order valence-corrected chi connectivity index (χ4v) is 3.09. The molecule has 0 radical (unpaired) electrons. The van der Waals surface area contributed by atoms with Crippen LogP contribution in [0.3, 0.4) is 0 Å². The Kier molecular flexibility index (Phi) is 4.50. The van der Waals surface area contributed by atoms with Crippen molar-refractivity contribution in [1.29, 1.82) is 0 Å². The molecule has 0 atom stereocenters. The van der Waals surface area contributed by atoms with E-state index in [0.29, 0.717) is 11.5 Å². The highest BCUT2D eigenvalue weighted by molar-refractivity contribution is 7.89. The Morgan fingerprint density at radius 1 is 1.43 bits per heavy atom. The van der Waals surface area contributed by atoms with Gasteiger partial charge >= 0.3 is 0 Å². The number of imidazole rings is 1. The number of nitrogens with one attached hydrogen (secondary N) is 1. The predicted molar refractivity (Wildman–Crippen MR) is 78.0 cm³/mol. The third-order valence-electron chi connectivity index (χ3n) is 3.28. The number of nitrogens with zero attached hydrogens (tertiary/aromatic N) is 3. The SMILES string of the molecule is CC(C)n1cc(S(=O)(=O)NCc2nccn2C)cc1CO. The topological polar surface area (TPSA) is 89.2 Å². The molecule has 0 aromatic carbocycles. The molecule has 21 heavy (non-hydrogen) atoms. The van der Waals surface area contributed by atoms with Crippen molar-refractivity contribution in [2.45, 2.75) is 37.9 Å². The number of aliphatic hydroxyl groups is 1. The van der Waals surface area contributed by atoms with Crippen molar-refractivity contribution in [2.24, 2.45) is 7.05 Å². The molecule has 2 rings (SSSR count). The number of aromatic nitrogens is 3. The van der Waals surface area contributed by atoms with Gasteiger partial charge in [0.25, 0.3) is 0 Å². The highest BCUT2D eigenvalue weighted by atomic mass is 32.2. The number of hydrogen-bond acceptors (Lipinski definition) is 4. The first-order valence-corrected chi connectivity index (χ1v) is 8.11. The van der Waals surface area contributed by atoms with Crippen LogP contribution in [-0.4, -0.2) is 27.6 Å². The molecule has 7 nitrogen and oxygen atoms in total. The van der Waals surface area contributed by atoms with Crippen molar-refractivity contribution in [3.05, 3.63) is 36.2 Å². The van der Waals surface area contributed by atoms with Crippen molar-refractivity contribution in [2.75, 3.05) is 0 Å². The van der Waals surface area contributed by atoms with Crippen molar-refractivity contribution in [3.8, 4) is 0 Å². The quantitative estimate of drug-likeness (QED) is 0.824. The predicted octanol–water partition coefficient (Wildman–Crippen LogP) is 0.773. The molecule has 0 fully saturated rings. The average molecular weight is 312 g/mol. The van der Waals surface area contributed by atoms with Crippen LogP contribution in [0.2, 0.25) is 0 Å². The van der Waals surface area contributed by atoms with Gasteiger partial charge in [-0.05, 0) is 19.9 Å². The van der Waals surface area contributed by atoms with Crippen LogP contribution in [-0.2, 0) is 30.2 Å². The summed E-state index contributed by atoms with van der Waals surface area (Å²) in [5.41, 5.74) is 0.572. The Bertz CT molecular complexity index is 716. The first-order chi connectivity index (χ1) is 9.85. The minimum atomic E-state index is -3.63. The highest BCUT2D eigenvalue weighted by Crippen LogP contribution is 2.19. The molecule has 2 aromatic heterocycles. The molecule has 0 spiro atoms. The van der Waals surface area contributed by atoms with Crippen LogP contribution in [0.1, 0.15) is 31.4 Å². The van der Waals surface area contributed by atoms with Gasteiger partial charge in [-0.3, -0.25) is 0 Å². The van der Waals surface area contributed by atoms with Crippen molar-refractivity contribution >= 4 is 10.0 Å². The van der Waals surface area contributed by atoms with E-state index in [0.717, 1.165) is 0 Å². The van der Waals surface area contributed by atoms with E-state index in [4.69, 9.17) is 0 Å². The van der Waals surface area contributed by atoms with Gasteiger partial charge in [0.2, 0.25) is 10.0 Å². The van der Waals surface area contributed by atoms with Gasteiger partial charge in [-0.2, -0.15) is 0 Å². The molecule has 0 amide bonds. The molecular weight excluding hydrogens is 292 g/mol. The van der Waals surface area contributed by atoms with Crippen molar-refractivity contribution in [1.82, 2.24) is 18.8 Å². The Hall–Kier alpha value is -1.64. The third kappa shape index (κ3) is 3.34. The lowest BCUT2D eigenvalue weighted by Gasteiger charge is -2.10. The lowest BCUT2D eigenvalue weighted by atomic mass is 10.3. The van der Waals surface area contributed by atoms with Gasteiger partial charge in [-0.25, -0.2) is 18.1 Å². The van der Waals surface area contributed by atoms with Gasteiger partial charge in [0, 0.05) is 37.4 Å². The summed E-state index contributed by atoms with van der Waals surface area (Å²) in [7, 11) is -1.83. The van der Waals surface area contributed by atoms with E-state index in [1.54, 1.807) is 28.6 Å². The fraction of sp³-hybridized carbons (Fsp3) is 0.462. The molecule has 2 N–H and O–H groups in total. The number of aryl methyl sites for hydroxylation is 1. The van der Waals surface area contributed by atoms with Gasteiger partial charge < -0.3 is 14.2 Å². The Labute approximate surface area is 124 Å². The van der Waals surface area contributed by atoms with E-state index >= 15 is 0 Å². The fourth-order valence-electron chi connectivity index (χ4n) is 2.06. The summed E-state index contributed by atoms with van der Waals surface area (Å²) in [5, 5.41) is 9.31. The van der Waals surface area contributed by atoms with Gasteiger partial charge in [-0.15, -0.1) is 0 Å². The number of sulfonamides is 1. The van der Waals surface area contributed by atoms with E-state index in [1.807, 2.05) is 13.8 Å². The molecule has 116 valence electrons. The standard InChI is InChI=1S/C13H20N4O3S/c1-10(2)17-8-12(6-11(17)9-18)21(19,20)15-7-13-14-4-5-16(13)3/h4-6,8,10,15,18H,7,9H2,1-3H3. The zero-order valence-electron chi connectivity index (χ0n) is 12.3. The van der Waals surface area contributed by atoms with Gasteiger partial charge in [0.1, 0.15) is 5.82 Å². The normalized spacial score (nSPS) is 12.2. The first-order valence-electron chi connectivity index (χ1n) is 6.62. The second-order valence-corrected chi connectivity index (χ2v) is 6.87. The minimum absolute atomic E-state index is 0.0747. The monoisotopic (exact) mass is 312 g/mol. The molecule has 0 saturated heterocycles. The van der Waals surface area contributed by atoms with Crippen LogP contribution >= 0.6 is 0 Å². The Morgan fingerprint density at radius 3 is 2.62 bits per heavy atom. The summed E-state index contributed by atoms with van der Waals surface area (Å²) in [6.07, 6.45) is 4.91. The van der Waals surface area contributed by atoms with Crippen molar-refractivity contribution < 1.29 is 13.5 Å². The Balaban J connectivity index is 2.21. The van der Waals surface area contributed by atoms with Crippen LogP contribution in [0, 0.1) is 0 Å². The lowest BCUT2D eigenvalue weighted by molar-refractivity contribution is 0.268. The summed E-state index contributed by atoms with van der Waals surface area (Å²) >= 11 is 0. The second-order valence-electron chi connectivity index (χ2n) is 5.11. The van der Waals surface area contributed by atoms with Gasteiger partial charge in [-0.1, -0.05) is 0 Å². The smallest absolute Gasteiger partial charge is 0.242 e. The summed E-state index contributed by atoms with van der Waals surface area (Å²) in [5.74, 6) is 0.629. The van der Waals surface area contributed by atoms with Crippen LogP contribution in [0.4, 0.5) is 0 Å². The van der Waals surface area contributed by atoms with E-state index in [2.05, 4.69) is 9.71 Å². The molecule has 0 aliphatic carbocycles. The van der Waals surface area contributed by atoms with Crippen LogP contribution in [0.5, 0.6) is 0 Å². The summed E-state index contributed by atoms with van der Waals surface area (Å²) in [6, 6.07) is 1.56. The molecule has 0 saturated carbocycles. The van der Waals surface area contributed by atoms with Crippen molar-refractivity contribution in [3.63, 3.8) is 0 Å². The summed E-state index contributed by atoms with van der Waals surface area (Å²) < 4.78 is 30.6. The van der Waals surface area contributed by atoms with E-state index in [1.165, 1.54) is 12.3 Å². The molecule has 0 unspecified atom stereocenters. The second kappa shape index (κ2) is 6.00. The third-order valence-corrected chi connectivity index (χ3v) is 4.64. The van der Waals surface area contributed by atoms with E-state index < -0.39 is 10.0 Å². The zero-order valence-corrected chi connectivity index (χ0v) is 13.1.